The molecule has 3 rings (SSSR count). The number of rotatable bonds is 3. The Morgan fingerprint density at radius 2 is 2.00 bits per heavy atom. The third-order valence-electron chi connectivity index (χ3n) is 2.76. The van der Waals surface area contributed by atoms with E-state index in [0.717, 1.165) is 17.2 Å². The van der Waals surface area contributed by atoms with Crippen LogP contribution in [0.4, 0.5) is 0 Å². The first kappa shape index (κ1) is 10.9. The van der Waals surface area contributed by atoms with E-state index in [2.05, 4.69) is 0 Å². The molecule has 0 unspecified atom stereocenters. The van der Waals surface area contributed by atoms with Crippen molar-refractivity contribution in [3.63, 3.8) is 0 Å². The molecule has 0 aliphatic heterocycles. The van der Waals surface area contributed by atoms with Crippen LogP contribution in [0.25, 0.3) is 21.9 Å². The Hall–Kier alpha value is -2.23. The Bertz CT molecular complexity index is 751. The van der Waals surface area contributed by atoms with Crippen LogP contribution in [0.2, 0.25) is 0 Å². The number of hydrogen-bond acceptors (Lipinski definition) is 4. The summed E-state index contributed by atoms with van der Waals surface area (Å²) in [6.45, 7) is 2.65. The van der Waals surface area contributed by atoms with Gasteiger partial charge in [0, 0.05) is 12.1 Å². The van der Waals surface area contributed by atoms with Gasteiger partial charge >= 0.3 is 5.63 Å². The lowest BCUT2D eigenvalue weighted by atomic mass is 10.1. The number of furan rings is 1. The molecule has 0 N–H and O–H groups in total. The fraction of sp³-hybridized carbons (Fsp3) is 0.214. The molecule has 4 heteroatoms. The molecule has 2 heterocycles. The van der Waals surface area contributed by atoms with Gasteiger partial charge in [0.25, 0.3) is 0 Å². The van der Waals surface area contributed by atoms with Crippen LogP contribution in [0.5, 0.6) is 5.75 Å². The standard InChI is InChI=1S/C14H12O4/c1-2-6-17-14-9-3-4-13(15)18-12(9)8-11-10(14)5-7-16-11/h3-5,7-8H,2,6H2,1H3. The minimum absolute atomic E-state index is 0.380. The van der Waals surface area contributed by atoms with E-state index in [0.29, 0.717) is 23.5 Å². The summed E-state index contributed by atoms with van der Waals surface area (Å²) in [5.74, 6) is 0.710. The second-order valence-corrected chi connectivity index (χ2v) is 4.05. The van der Waals surface area contributed by atoms with Crippen LogP contribution in [0.3, 0.4) is 0 Å². The summed E-state index contributed by atoms with van der Waals surface area (Å²) >= 11 is 0. The smallest absolute Gasteiger partial charge is 0.336 e. The normalized spacial score (nSPS) is 11.2. The highest BCUT2D eigenvalue weighted by molar-refractivity contribution is 6.01. The van der Waals surface area contributed by atoms with E-state index >= 15 is 0 Å². The largest absolute Gasteiger partial charge is 0.492 e. The highest BCUT2D eigenvalue weighted by Gasteiger charge is 2.12. The van der Waals surface area contributed by atoms with Crippen molar-refractivity contribution >= 4 is 21.9 Å². The van der Waals surface area contributed by atoms with E-state index in [1.807, 2.05) is 13.0 Å². The molecule has 0 saturated carbocycles. The van der Waals surface area contributed by atoms with Gasteiger partial charge in [-0.15, -0.1) is 0 Å². The van der Waals surface area contributed by atoms with Gasteiger partial charge in [-0.2, -0.15) is 0 Å². The summed E-state index contributed by atoms with van der Waals surface area (Å²) in [5, 5.41) is 1.68. The molecule has 0 fully saturated rings. The fourth-order valence-electron chi connectivity index (χ4n) is 1.97. The van der Waals surface area contributed by atoms with Crippen LogP contribution in [0, 0.1) is 0 Å². The Balaban J connectivity index is 2.35. The van der Waals surface area contributed by atoms with Crippen LogP contribution in [-0.2, 0) is 0 Å². The SMILES string of the molecule is CCCOc1c2ccoc2cc2oc(=O)ccc12. The van der Waals surface area contributed by atoms with Crippen molar-refractivity contribution < 1.29 is 13.6 Å². The molecule has 3 aromatic rings. The van der Waals surface area contributed by atoms with E-state index in [9.17, 15) is 4.79 Å². The minimum Gasteiger partial charge on any atom is -0.492 e. The van der Waals surface area contributed by atoms with Gasteiger partial charge in [0.15, 0.2) is 0 Å². The fourth-order valence-corrected chi connectivity index (χ4v) is 1.97. The highest BCUT2D eigenvalue weighted by atomic mass is 16.5. The van der Waals surface area contributed by atoms with E-state index in [1.54, 1.807) is 18.4 Å². The summed E-state index contributed by atoms with van der Waals surface area (Å²) in [6, 6.07) is 6.68. The number of ether oxygens (including phenoxy) is 1. The third-order valence-corrected chi connectivity index (χ3v) is 2.76. The van der Waals surface area contributed by atoms with Crippen molar-refractivity contribution in [2.75, 3.05) is 6.61 Å². The molecule has 0 bridgehead atoms. The van der Waals surface area contributed by atoms with Gasteiger partial charge in [0.2, 0.25) is 0 Å². The molecule has 0 radical (unpaired) electrons. The number of fused-ring (bicyclic) bond motifs is 2. The summed E-state index contributed by atoms with van der Waals surface area (Å²) in [6.07, 6.45) is 2.51. The van der Waals surface area contributed by atoms with Gasteiger partial charge in [-0.05, 0) is 18.6 Å². The molecule has 2 aromatic heterocycles. The first-order valence-corrected chi connectivity index (χ1v) is 5.86. The van der Waals surface area contributed by atoms with Gasteiger partial charge in [-0.3, -0.25) is 0 Å². The third kappa shape index (κ3) is 1.66. The van der Waals surface area contributed by atoms with Crippen LogP contribution in [-0.4, -0.2) is 6.61 Å². The van der Waals surface area contributed by atoms with Gasteiger partial charge in [-0.1, -0.05) is 6.92 Å². The molecule has 0 aliphatic carbocycles. The molecule has 0 atom stereocenters. The van der Waals surface area contributed by atoms with Crippen molar-refractivity contribution in [3.05, 3.63) is 40.9 Å². The van der Waals surface area contributed by atoms with Crippen molar-refractivity contribution in [1.29, 1.82) is 0 Å². The molecular weight excluding hydrogens is 232 g/mol. The second-order valence-electron chi connectivity index (χ2n) is 4.05. The van der Waals surface area contributed by atoms with Crippen LogP contribution in [0.1, 0.15) is 13.3 Å². The van der Waals surface area contributed by atoms with Crippen molar-refractivity contribution in [2.45, 2.75) is 13.3 Å². The quantitative estimate of drug-likeness (QED) is 0.663. The topological polar surface area (TPSA) is 52.6 Å². The first-order chi connectivity index (χ1) is 8.79. The van der Waals surface area contributed by atoms with Crippen LogP contribution in [0.15, 0.2) is 44.2 Å². The molecule has 0 spiro atoms. The Morgan fingerprint density at radius 1 is 1.17 bits per heavy atom. The summed E-state index contributed by atoms with van der Waals surface area (Å²) in [7, 11) is 0. The Labute approximate surface area is 103 Å². The van der Waals surface area contributed by atoms with E-state index in [-0.39, 0.29) is 5.63 Å². The van der Waals surface area contributed by atoms with Gasteiger partial charge in [-0.25, -0.2) is 4.79 Å². The second kappa shape index (κ2) is 4.22. The van der Waals surface area contributed by atoms with Gasteiger partial charge < -0.3 is 13.6 Å². The molecule has 0 saturated heterocycles. The molecule has 0 aliphatic rings. The molecule has 4 nitrogen and oxygen atoms in total. The number of benzene rings is 1. The van der Waals surface area contributed by atoms with E-state index < -0.39 is 0 Å². The average Bonchev–Trinajstić information content (AvgIpc) is 2.82. The van der Waals surface area contributed by atoms with Gasteiger partial charge in [0.1, 0.15) is 16.9 Å². The first-order valence-electron chi connectivity index (χ1n) is 5.86. The van der Waals surface area contributed by atoms with Crippen molar-refractivity contribution in [2.24, 2.45) is 0 Å². The van der Waals surface area contributed by atoms with Gasteiger partial charge in [0.05, 0.1) is 23.6 Å². The Kier molecular flexibility index (Phi) is 2.55. The van der Waals surface area contributed by atoms with Crippen molar-refractivity contribution in [3.8, 4) is 5.75 Å². The maximum atomic E-state index is 11.2. The van der Waals surface area contributed by atoms with Crippen LogP contribution < -0.4 is 10.4 Å². The number of hydrogen-bond donors (Lipinski definition) is 0. The summed E-state index contributed by atoms with van der Waals surface area (Å²) in [4.78, 5) is 11.2. The molecule has 92 valence electrons. The molecule has 1 aromatic carbocycles. The predicted molar refractivity (Wildman–Crippen MR) is 68.0 cm³/mol. The molecule has 0 amide bonds. The maximum absolute atomic E-state index is 11.2. The summed E-state index contributed by atoms with van der Waals surface area (Å²) in [5.41, 5.74) is 0.758. The van der Waals surface area contributed by atoms with E-state index in [4.69, 9.17) is 13.6 Å². The summed E-state index contributed by atoms with van der Waals surface area (Å²) < 4.78 is 16.3. The van der Waals surface area contributed by atoms with E-state index in [1.165, 1.54) is 6.07 Å². The molecule has 18 heavy (non-hydrogen) atoms. The monoisotopic (exact) mass is 244 g/mol. The zero-order valence-corrected chi connectivity index (χ0v) is 9.93. The predicted octanol–water partition coefficient (Wildman–Crippen LogP) is 3.33. The zero-order valence-electron chi connectivity index (χ0n) is 9.93. The maximum Gasteiger partial charge on any atom is 0.336 e. The van der Waals surface area contributed by atoms with Crippen LogP contribution >= 0.6 is 0 Å². The minimum atomic E-state index is -0.380. The molecular formula is C14H12O4. The Morgan fingerprint density at radius 3 is 2.83 bits per heavy atom. The van der Waals surface area contributed by atoms with Crippen molar-refractivity contribution in [1.82, 2.24) is 0 Å². The lowest BCUT2D eigenvalue weighted by molar-refractivity contribution is 0.324. The average molecular weight is 244 g/mol. The lowest BCUT2D eigenvalue weighted by Crippen LogP contribution is -1.99. The zero-order chi connectivity index (χ0) is 12.5. The highest BCUT2D eigenvalue weighted by Crippen LogP contribution is 2.34. The lowest BCUT2D eigenvalue weighted by Gasteiger charge is -2.08.